The molecule has 122 valence electrons. The number of aromatic amines is 1. The molecular formula is C15H17N3O4S. The lowest BCUT2D eigenvalue weighted by Gasteiger charge is -2.05. The van der Waals surface area contributed by atoms with Crippen molar-refractivity contribution in [3.05, 3.63) is 44.4 Å². The molecule has 1 amide bonds. The second-order valence-electron chi connectivity index (χ2n) is 4.92. The summed E-state index contributed by atoms with van der Waals surface area (Å²) in [5.74, 6) is -0.124. The fourth-order valence-corrected chi connectivity index (χ4v) is 2.94. The van der Waals surface area contributed by atoms with Crippen LogP contribution in [0.25, 0.3) is 0 Å². The first-order chi connectivity index (χ1) is 10.9. The number of esters is 1. The quantitative estimate of drug-likeness (QED) is 0.812. The molecule has 2 aromatic rings. The van der Waals surface area contributed by atoms with Gasteiger partial charge in [-0.15, -0.1) is 11.3 Å². The maximum Gasteiger partial charge on any atom is 0.348 e. The van der Waals surface area contributed by atoms with Crippen LogP contribution in [0, 0.1) is 13.8 Å². The third-order valence-electron chi connectivity index (χ3n) is 3.20. The third-order valence-corrected chi connectivity index (χ3v) is 4.18. The normalized spacial score (nSPS) is 10.4. The molecule has 0 radical (unpaired) electrons. The summed E-state index contributed by atoms with van der Waals surface area (Å²) >= 11 is 1.14. The number of hydrogen-bond acceptors (Lipinski definition) is 6. The van der Waals surface area contributed by atoms with Gasteiger partial charge in [0.1, 0.15) is 10.7 Å². The van der Waals surface area contributed by atoms with E-state index >= 15 is 0 Å². The predicted octanol–water partition coefficient (Wildman–Crippen LogP) is 1.81. The molecule has 7 nitrogen and oxygen atoms in total. The zero-order chi connectivity index (χ0) is 17.0. The Balaban J connectivity index is 1.97. The summed E-state index contributed by atoms with van der Waals surface area (Å²) in [6.45, 7) is 3.46. The minimum Gasteiger partial charge on any atom is -0.465 e. The van der Waals surface area contributed by atoms with Crippen molar-refractivity contribution in [2.75, 3.05) is 12.4 Å². The van der Waals surface area contributed by atoms with Gasteiger partial charge in [0.15, 0.2) is 0 Å². The van der Waals surface area contributed by atoms with Gasteiger partial charge in [0.25, 0.3) is 5.56 Å². The van der Waals surface area contributed by atoms with Gasteiger partial charge in [-0.05, 0) is 32.4 Å². The number of carbonyl (C=O) groups excluding carboxylic acids is 2. The van der Waals surface area contributed by atoms with Gasteiger partial charge < -0.3 is 15.0 Å². The summed E-state index contributed by atoms with van der Waals surface area (Å²) in [5, 5.41) is 3.26. The largest absolute Gasteiger partial charge is 0.465 e. The Hall–Kier alpha value is -2.48. The predicted molar refractivity (Wildman–Crippen MR) is 86.9 cm³/mol. The van der Waals surface area contributed by atoms with Gasteiger partial charge in [0, 0.05) is 17.7 Å². The highest BCUT2D eigenvalue weighted by Gasteiger charge is 2.12. The fourth-order valence-electron chi connectivity index (χ4n) is 2.10. The number of carbonyl (C=O) groups is 2. The van der Waals surface area contributed by atoms with Crippen LogP contribution in [-0.2, 0) is 16.0 Å². The summed E-state index contributed by atoms with van der Waals surface area (Å²) in [4.78, 5) is 42.4. The Labute approximate surface area is 136 Å². The number of aromatic nitrogens is 2. The van der Waals surface area contributed by atoms with Gasteiger partial charge >= 0.3 is 5.97 Å². The van der Waals surface area contributed by atoms with Crippen LogP contribution in [0.4, 0.5) is 5.00 Å². The molecule has 2 aromatic heterocycles. The Kier molecular flexibility index (Phi) is 5.28. The molecule has 0 aliphatic carbocycles. The van der Waals surface area contributed by atoms with Crippen molar-refractivity contribution in [1.29, 1.82) is 0 Å². The molecule has 2 rings (SSSR count). The number of anilines is 1. The second kappa shape index (κ2) is 7.19. The van der Waals surface area contributed by atoms with Gasteiger partial charge in [-0.2, -0.15) is 0 Å². The molecule has 23 heavy (non-hydrogen) atoms. The molecule has 0 spiro atoms. The van der Waals surface area contributed by atoms with Crippen LogP contribution in [0.5, 0.6) is 0 Å². The number of aryl methyl sites for hydroxylation is 2. The molecule has 8 heteroatoms. The molecule has 0 unspecified atom stereocenters. The molecule has 0 saturated heterocycles. The molecular weight excluding hydrogens is 318 g/mol. The smallest absolute Gasteiger partial charge is 0.348 e. The maximum absolute atomic E-state index is 12.0. The van der Waals surface area contributed by atoms with E-state index in [-0.39, 0.29) is 17.9 Å². The van der Waals surface area contributed by atoms with E-state index in [9.17, 15) is 14.4 Å². The molecule has 2 heterocycles. The molecule has 2 N–H and O–H groups in total. The van der Waals surface area contributed by atoms with E-state index in [4.69, 9.17) is 0 Å². The third kappa shape index (κ3) is 4.26. The number of hydrogen-bond donors (Lipinski definition) is 2. The lowest BCUT2D eigenvalue weighted by Crippen LogP contribution is -2.20. The zero-order valence-corrected chi connectivity index (χ0v) is 13.9. The van der Waals surface area contributed by atoms with Crippen LogP contribution in [0.3, 0.4) is 0 Å². The molecule has 0 aliphatic rings. The number of methoxy groups -OCH3 is 1. The van der Waals surface area contributed by atoms with Crippen molar-refractivity contribution >= 4 is 28.2 Å². The Morgan fingerprint density at radius 1 is 1.35 bits per heavy atom. The van der Waals surface area contributed by atoms with Crippen LogP contribution in [0.2, 0.25) is 0 Å². The summed E-state index contributed by atoms with van der Waals surface area (Å²) in [6, 6.07) is 3.23. The van der Waals surface area contributed by atoms with Crippen molar-refractivity contribution in [1.82, 2.24) is 9.97 Å². The topological polar surface area (TPSA) is 101 Å². The van der Waals surface area contributed by atoms with Crippen molar-refractivity contribution in [2.24, 2.45) is 0 Å². The van der Waals surface area contributed by atoms with Crippen LogP contribution in [0.15, 0.2) is 16.9 Å². The lowest BCUT2D eigenvalue weighted by molar-refractivity contribution is -0.116. The van der Waals surface area contributed by atoms with E-state index < -0.39 is 5.97 Å². The number of ether oxygens (including phenoxy) is 1. The van der Waals surface area contributed by atoms with Crippen LogP contribution >= 0.6 is 11.3 Å². The minimum atomic E-state index is -0.441. The monoisotopic (exact) mass is 335 g/mol. The van der Waals surface area contributed by atoms with E-state index in [1.807, 2.05) is 0 Å². The average molecular weight is 335 g/mol. The van der Waals surface area contributed by atoms with Gasteiger partial charge in [0.2, 0.25) is 5.91 Å². The number of nitrogens with one attached hydrogen (secondary N) is 2. The van der Waals surface area contributed by atoms with Crippen LogP contribution in [-0.4, -0.2) is 29.0 Å². The van der Waals surface area contributed by atoms with Crippen molar-refractivity contribution < 1.29 is 14.3 Å². The maximum atomic E-state index is 12.0. The number of nitrogens with zero attached hydrogens (tertiary/aromatic N) is 1. The molecule has 0 aliphatic heterocycles. The molecule has 0 saturated carbocycles. The molecule has 0 bridgehead atoms. The highest BCUT2D eigenvalue weighted by Crippen LogP contribution is 2.22. The van der Waals surface area contributed by atoms with E-state index in [2.05, 4.69) is 20.0 Å². The highest BCUT2D eigenvalue weighted by atomic mass is 32.1. The zero-order valence-electron chi connectivity index (χ0n) is 13.1. The van der Waals surface area contributed by atoms with Gasteiger partial charge in [-0.25, -0.2) is 9.78 Å². The first-order valence-corrected chi connectivity index (χ1v) is 7.76. The average Bonchev–Trinajstić information content (AvgIpc) is 2.93. The number of amides is 1. The van der Waals surface area contributed by atoms with Crippen LogP contribution < -0.4 is 10.9 Å². The summed E-state index contributed by atoms with van der Waals surface area (Å²) < 4.78 is 4.61. The molecule has 0 atom stereocenters. The standard InChI is InChI=1S/C15H17N3O4S/c1-8-10(14(20)17-9(2)16-8)4-6-12(19)18-13-7-5-11(23-13)15(21)22-3/h5,7H,4,6H2,1-3H3,(H,18,19)(H,16,17,20). The SMILES string of the molecule is COC(=O)c1ccc(NC(=O)CCc2c(C)nc(C)[nH]c2=O)s1. The molecule has 0 fully saturated rings. The number of thiophene rings is 1. The Morgan fingerprint density at radius 2 is 2.09 bits per heavy atom. The van der Waals surface area contributed by atoms with E-state index in [0.717, 1.165) is 11.3 Å². The number of rotatable bonds is 5. The van der Waals surface area contributed by atoms with E-state index in [0.29, 0.717) is 33.4 Å². The first-order valence-electron chi connectivity index (χ1n) is 6.95. The first kappa shape index (κ1) is 16.9. The molecule has 0 aromatic carbocycles. The van der Waals surface area contributed by atoms with Crippen molar-refractivity contribution in [3.8, 4) is 0 Å². The van der Waals surface area contributed by atoms with Gasteiger partial charge in [-0.1, -0.05) is 0 Å². The number of H-pyrrole nitrogens is 1. The lowest BCUT2D eigenvalue weighted by atomic mass is 10.1. The highest BCUT2D eigenvalue weighted by molar-refractivity contribution is 7.18. The summed E-state index contributed by atoms with van der Waals surface area (Å²) in [7, 11) is 1.30. The Bertz CT molecular complexity index is 794. The van der Waals surface area contributed by atoms with Gasteiger partial charge in [-0.3, -0.25) is 9.59 Å². The van der Waals surface area contributed by atoms with Crippen molar-refractivity contribution in [2.45, 2.75) is 26.7 Å². The Morgan fingerprint density at radius 3 is 2.74 bits per heavy atom. The van der Waals surface area contributed by atoms with Crippen molar-refractivity contribution in [3.63, 3.8) is 0 Å². The second-order valence-corrected chi connectivity index (χ2v) is 6.00. The van der Waals surface area contributed by atoms with Crippen LogP contribution in [0.1, 0.15) is 33.2 Å². The van der Waals surface area contributed by atoms with E-state index in [1.54, 1.807) is 26.0 Å². The fraction of sp³-hybridized carbons (Fsp3) is 0.333. The van der Waals surface area contributed by atoms with E-state index in [1.165, 1.54) is 7.11 Å². The minimum absolute atomic E-state index is 0.153. The summed E-state index contributed by atoms with van der Waals surface area (Å²) in [5.41, 5.74) is 0.919. The van der Waals surface area contributed by atoms with Gasteiger partial charge in [0.05, 0.1) is 12.1 Å². The summed E-state index contributed by atoms with van der Waals surface area (Å²) in [6.07, 6.45) is 0.454.